The molecule has 3 aromatic rings. The van der Waals surface area contributed by atoms with Gasteiger partial charge in [-0.25, -0.2) is 0 Å². The molecule has 3 heteroatoms. The summed E-state index contributed by atoms with van der Waals surface area (Å²) in [5.74, 6) is 0.0797. The predicted molar refractivity (Wildman–Crippen MR) is 95.5 cm³/mol. The third-order valence-electron chi connectivity index (χ3n) is 3.75. The second-order valence-corrected chi connectivity index (χ2v) is 6.43. The van der Waals surface area contributed by atoms with Crippen LogP contribution in [0.3, 0.4) is 0 Å². The van der Waals surface area contributed by atoms with E-state index in [1.54, 1.807) is 11.3 Å². The fourth-order valence-electron chi connectivity index (χ4n) is 2.57. The van der Waals surface area contributed by atoms with Gasteiger partial charge in [0.15, 0.2) is 0 Å². The van der Waals surface area contributed by atoms with Crippen molar-refractivity contribution in [1.29, 1.82) is 0 Å². The first kappa shape index (κ1) is 15.5. The molecular formula is C20H19NOS. The molecule has 0 unspecified atom stereocenters. The minimum atomic E-state index is -0.103. The molecule has 0 spiro atoms. The lowest BCUT2D eigenvalue weighted by molar-refractivity contribution is -0.121. The number of hydrogen-bond donors (Lipinski definition) is 1. The lowest BCUT2D eigenvalue weighted by Crippen LogP contribution is -2.29. The van der Waals surface area contributed by atoms with Gasteiger partial charge in [-0.3, -0.25) is 4.79 Å². The summed E-state index contributed by atoms with van der Waals surface area (Å²) in [6.45, 7) is 0. The Kier molecular flexibility index (Phi) is 5.22. The summed E-state index contributed by atoms with van der Waals surface area (Å²) in [6, 6.07) is 24.2. The molecule has 1 amide bonds. The summed E-state index contributed by atoms with van der Waals surface area (Å²) < 4.78 is 0. The van der Waals surface area contributed by atoms with E-state index in [1.165, 1.54) is 4.88 Å². The van der Waals surface area contributed by atoms with Crippen LogP contribution in [-0.4, -0.2) is 5.91 Å². The van der Waals surface area contributed by atoms with Crippen LogP contribution in [0.25, 0.3) is 0 Å². The number of hydrogen-bond acceptors (Lipinski definition) is 2. The van der Waals surface area contributed by atoms with E-state index in [-0.39, 0.29) is 11.9 Å². The van der Waals surface area contributed by atoms with Crippen LogP contribution in [0.15, 0.2) is 78.2 Å². The first-order valence-corrected chi connectivity index (χ1v) is 8.62. The SMILES string of the molecule is O=C(CCc1cccs1)NC(c1ccccc1)c1ccccc1. The molecule has 3 rings (SSSR count). The van der Waals surface area contributed by atoms with Crippen LogP contribution in [0.2, 0.25) is 0 Å². The third-order valence-corrected chi connectivity index (χ3v) is 4.69. The minimum Gasteiger partial charge on any atom is -0.345 e. The van der Waals surface area contributed by atoms with Gasteiger partial charge in [0.25, 0.3) is 0 Å². The van der Waals surface area contributed by atoms with E-state index in [1.807, 2.05) is 47.8 Å². The first-order chi connectivity index (χ1) is 11.3. The third kappa shape index (κ3) is 4.30. The van der Waals surface area contributed by atoms with Crippen LogP contribution in [-0.2, 0) is 11.2 Å². The van der Waals surface area contributed by atoms with Gasteiger partial charge in [0.05, 0.1) is 6.04 Å². The number of aryl methyl sites for hydroxylation is 1. The monoisotopic (exact) mass is 321 g/mol. The topological polar surface area (TPSA) is 29.1 Å². The Hall–Kier alpha value is -2.39. The smallest absolute Gasteiger partial charge is 0.221 e. The Morgan fingerprint density at radius 3 is 2.00 bits per heavy atom. The van der Waals surface area contributed by atoms with Gasteiger partial charge in [-0.1, -0.05) is 66.7 Å². The van der Waals surface area contributed by atoms with Gasteiger partial charge >= 0.3 is 0 Å². The van der Waals surface area contributed by atoms with Crippen molar-refractivity contribution < 1.29 is 4.79 Å². The zero-order valence-corrected chi connectivity index (χ0v) is 13.6. The summed E-state index contributed by atoms with van der Waals surface area (Å²) in [7, 11) is 0. The maximum absolute atomic E-state index is 12.4. The summed E-state index contributed by atoms with van der Waals surface area (Å²) in [6.07, 6.45) is 1.30. The van der Waals surface area contributed by atoms with Crippen molar-refractivity contribution in [3.05, 3.63) is 94.2 Å². The number of benzene rings is 2. The van der Waals surface area contributed by atoms with E-state index in [2.05, 4.69) is 35.6 Å². The number of amides is 1. The molecule has 0 radical (unpaired) electrons. The van der Waals surface area contributed by atoms with Gasteiger partial charge in [0.1, 0.15) is 0 Å². The quantitative estimate of drug-likeness (QED) is 0.707. The van der Waals surface area contributed by atoms with Gasteiger partial charge in [-0.15, -0.1) is 11.3 Å². The van der Waals surface area contributed by atoms with Crippen molar-refractivity contribution in [2.75, 3.05) is 0 Å². The Balaban J connectivity index is 1.72. The molecule has 1 aromatic heterocycles. The van der Waals surface area contributed by atoms with Crippen molar-refractivity contribution in [3.63, 3.8) is 0 Å². The zero-order chi connectivity index (χ0) is 15.9. The molecule has 0 fully saturated rings. The van der Waals surface area contributed by atoms with E-state index in [0.29, 0.717) is 6.42 Å². The molecule has 0 aliphatic carbocycles. The molecule has 1 heterocycles. The van der Waals surface area contributed by atoms with E-state index in [4.69, 9.17) is 0 Å². The largest absolute Gasteiger partial charge is 0.345 e. The van der Waals surface area contributed by atoms with E-state index in [9.17, 15) is 4.79 Å². The molecule has 1 N–H and O–H groups in total. The minimum absolute atomic E-state index is 0.0797. The predicted octanol–water partition coefficient (Wildman–Crippen LogP) is 4.59. The number of thiophene rings is 1. The average Bonchev–Trinajstić information content (AvgIpc) is 3.13. The maximum atomic E-state index is 12.4. The Morgan fingerprint density at radius 2 is 1.48 bits per heavy atom. The second kappa shape index (κ2) is 7.75. The van der Waals surface area contributed by atoms with Gasteiger partial charge in [0, 0.05) is 11.3 Å². The van der Waals surface area contributed by atoms with E-state index in [0.717, 1.165) is 17.5 Å². The standard InChI is InChI=1S/C20H19NOS/c22-19(14-13-18-12-7-15-23-18)21-20(16-8-3-1-4-9-16)17-10-5-2-6-11-17/h1-12,15,20H,13-14H2,(H,21,22). The van der Waals surface area contributed by atoms with E-state index < -0.39 is 0 Å². The molecule has 0 atom stereocenters. The highest BCUT2D eigenvalue weighted by Gasteiger charge is 2.16. The average molecular weight is 321 g/mol. The molecule has 0 aliphatic rings. The second-order valence-electron chi connectivity index (χ2n) is 5.40. The lowest BCUT2D eigenvalue weighted by atomic mass is 9.98. The van der Waals surface area contributed by atoms with Crippen LogP contribution in [0.5, 0.6) is 0 Å². The molecule has 0 bridgehead atoms. The number of carbonyl (C=O) groups is 1. The number of nitrogens with one attached hydrogen (secondary N) is 1. The fraction of sp³-hybridized carbons (Fsp3) is 0.150. The Labute approximate surface area is 140 Å². The van der Waals surface area contributed by atoms with Crippen LogP contribution in [0.4, 0.5) is 0 Å². The summed E-state index contributed by atoms with van der Waals surface area (Å²) in [5.41, 5.74) is 2.20. The van der Waals surface area contributed by atoms with Gasteiger partial charge < -0.3 is 5.32 Å². The molecule has 2 aromatic carbocycles. The maximum Gasteiger partial charge on any atom is 0.221 e. The van der Waals surface area contributed by atoms with Crippen molar-refractivity contribution in [2.45, 2.75) is 18.9 Å². The van der Waals surface area contributed by atoms with Crippen molar-refractivity contribution >= 4 is 17.2 Å². The summed E-state index contributed by atoms with van der Waals surface area (Å²) in [4.78, 5) is 13.6. The number of rotatable bonds is 6. The highest BCUT2D eigenvalue weighted by molar-refractivity contribution is 7.09. The van der Waals surface area contributed by atoms with Crippen molar-refractivity contribution in [3.8, 4) is 0 Å². The first-order valence-electron chi connectivity index (χ1n) is 7.74. The van der Waals surface area contributed by atoms with Crippen molar-refractivity contribution in [2.24, 2.45) is 0 Å². The van der Waals surface area contributed by atoms with Crippen LogP contribution < -0.4 is 5.32 Å². The molecule has 0 saturated heterocycles. The molecule has 0 aliphatic heterocycles. The van der Waals surface area contributed by atoms with Crippen LogP contribution in [0, 0.1) is 0 Å². The van der Waals surface area contributed by atoms with Crippen molar-refractivity contribution in [1.82, 2.24) is 5.32 Å². The highest BCUT2D eigenvalue weighted by atomic mass is 32.1. The molecule has 2 nitrogen and oxygen atoms in total. The Morgan fingerprint density at radius 1 is 0.870 bits per heavy atom. The van der Waals surface area contributed by atoms with Crippen LogP contribution in [0.1, 0.15) is 28.5 Å². The van der Waals surface area contributed by atoms with Gasteiger partial charge in [-0.2, -0.15) is 0 Å². The van der Waals surface area contributed by atoms with Crippen LogP contribution >= 0.6 is 11.3 Å². The molecule has 23 heavy (non-hydrogen) atoms. The van der Waals surface area contributed by atoms with Gasteiger partial charge in [-0.05, 0) is 29.0 Å². The summed E-state index contributed by atoms with van der Waals surface area (Å²) in [5, 5.41) is 5.22. The molecule has 116 valence electrons. The van der Waals surface area contributed by atoms with E-state index >= 15 is 0 Å². The summed E-state index contributed by atoms with van der Waals surface area (Å²) >= 11 is 1.70. The Bertz CT molecular complexity index is 683. The zero-order valence-electron chi connectivity index (χ0n) is 12.8. The lowest BCUT2D eigenvalue weighted by Gasteiger charge is -2.20. The molecular weight excluding hydrogens is 302 g/mol. The highest BCUT2D eigenvalue weighted by Crippen LogP contribution is 2.22. The normalized spacial score (nSPS) is 10.7. The molecule has 0 saturated carbocycles. The van der Waals surface area contributed by atoms with Gasteiger partial charge in [0.2, 0.25) is 5.91 Å². The number of carbonyl (C=O) groups excluding carboxylic acids is 1. The fourth-order valence-corrected chi connectivity index (χ4v) is 3.28.